The van der Waals surface area contributed by atoms with E-state index >= 15 is 0 Å². The number of aliphatic hydroxyl groups is 1. The lowest BCUT2D eigenvalue weighted by Gasteiger charge is -2.11. The number of aromatic nitrogens is 1. The molecule has 0 aliphatic rings. The molecule has 4 heteroatoms. The minimum absolute atomic E-state index is 0.309. The zero-order valence-corrected chi connectivity index (χ0v) is 12.6. The molecular formula is C17H24N2O2. The van der Waals surface area contributed by atoms with Gasteiger partial charge in [-0.15, -0.1) is 0 Å². The lowest BCUT2D eigenvalue weighted by atomic mass is 10.1. The van der Waals surface area contributed by atoms with Crippen LogP contribution >= 0.6 is 0 Å². The van der Waals surface area contributed by atoms with Crippen molar-refractivity contribution in [2.75, 3.05) is 25.6 Å². The maximum atomic E-state index is 8.73. The van der Waals surface area contributed by atoms with Crippen LogP contribution in [0, 0.1) is 0 Å². The van der Waals surface area contributed by atoms with Crippen LogP contribution in [0.1, 0.15) is 32.1 Å². The number of aliphatic hydroxyl groups excluding tert-OH is 1. The first-order chi connectivity index (χ1) is 10.4. The topological polar surface area (TPSA) is 54.4 Å². The van der Waals surface area contributed by atoms with Crippen molar-refractivity contribution in [3.05, 3.63) is 30.5 Å². The quantitative estimate of drug-likeness (QED) is 0.692. The third kappa shape index (κ3) is 4.33. The van der Waals surface area contributed by atoms with Crippen molar-refractivity contribution < 1.29 is 9.84 Å². The van der Waals surface area contributed by atoms with Crippen LogP contribution in [0.4, 0.5) is 5.69 Å². The van der Waals surface area contributed by atoms with Gasteiger partial charge in [0, 0.05) is 30.4 Å². The van der Waals surface area contributed by atoms with E-state index in [1.54, 1.807) is 7.11 Å². The highest BCUT2D eigenvalue weighted by Crippen LogP contribution is 2.28. The van der Waals surface area contributed by atoms with Crippen LogP contribution in [-0.2, 0) is 0 Å². The molecule has 2 aromatic rings. The molecule has 1 aromatic carbocycles. The van der Waals surface area contributed by atoms with E-state index in [1.165, 1.54) is 12.8 Å². The molecule has 0 atom stereocenters. The molecule has 0 radical (unpaired) electrons. The van der Waals surface area contributed by atoms with E-state index in [0.717, 1.165) is 48.1 Å². The predicted molar refractivity (Wildman–Crippen MR) is 87.0 cm³/mol. The number of hydrogen-bond donors (Lipinski definition) is 2. The monoisotopic (exact) mass is 288 g/mol. The average Bonchev–Trinajstić information content (AvgIpc) is 2.53. The summed E-state index contributed by atoms with van der Waals surface area (Å²) < 4.78 is 5.35. The highest BCUT2D eigenvalue weighted by Gasteiger charge is 2.05. The largest absolute Gasteiger partial charge is 0.494 e. The first-order valence-corrected chi connectivity index (χ1v) is 7.63. The van der Waals surface area contributed by atoms with Crippen LogP contribution in [0.15, 0.2) is 30.5 Å². The van der Waals surface area contributed by atoms with Crippen LogP contribution < -0.4 is 10.1 Å². The van der Waals surface area contributed by atoms with Gasteiger partial charge in [0.1, 0.15) is 11.3 Å². The van der Waals surface area contributed by atoms with Gasteiger partial charge in [-0.3, -0.25) is 4.98 Å². The van der Waals surface area contributed by atoms with Gasteiger partial charge in [0.15, 0.2) is 0 Å². The van der Waals surface area contributed by atoms with Crippen LogP contribution in [0.3, 0.4) is 0 Å². The number of unbranched alkanes of at least 4 members (excludes halogenated alkanes) is 4. The predicted octanol–water partition coefficient (Wildman–Crippen LogP) is 3.60. The molecule has 0 amide bonds. The van der Waals surface area contributed by atoms with Gasteiger partial charge in [0.05, 0.1) is 7.11 Å². The van der Waals surface area contributed by atoms with Crippen molar-refractivity contribution in [1.82, 2.24) is 4.98 Å². The molecule has 114 valence electrons. The van der Waals surface area contributed by atoms with Crippen molar-refractivity contribution in [3.8, 4) is 5.75 Å². The molecule has 0 aliphatic carbocycles. The third-order valence-electron chi connectivity index (χ3n) is 3.60. The molecular weight excluding hydrogens is 264 g/mol. The Labute approximate surface area is 126 Å². The summed E-state index contributed by atoms with van der Waals surface area (Å²) in [5.41, 5.74) is 2.00. The molecule has 0 saturated carbocycles. The van der Waals surface area contributed by atoms with Gasteiger partial charge >= 0.3 is 0 Å². The number of ether oxygens (including phenoxy) is 1. The Morgan fingerprint density at radius 1 is 1.10 bits per heavy atom. The highest BCUT2D eigenvalue weighted by atomic mass is 16.5. The molecule has 2 rings (SSSR count). The molecule has 0 fully saturated rings. The smallest absolute Gasteiger partial charge is 0.145 e. The van der Waals surface area contributed by atoms with Crippen LogP contribution in [0.5, 0.6) is 5.75 Å². The number of anilines is 1. The second-order valence-electron chi connectivity index (χ2n) is 5.13. The Morgan fingerprint density at radius 3 is 2.71 bits per heavy atom. The minimum Gasteiger partial charge on any atom is -0.494 e. The van der Waals surface area contributed by atoms with Gasteiger partial charge in [0.25, 0.3) is 0 Å². The summed E-state index contributed by atoms with van der Waals surface area (Å²) >= 11 is 0. The third-order valence-corrected chi connectivity index (χ3v) is 3.60. The molecule has 0 saturated heterocycles. The van der Waals surface area contributed by atoms with E-state index in [4.69, 9.17) is 9.84 Å². The fraction of sp³-hybridized carbons (Fsp3) is 0.471. The highest BCUT2D eigenvalue weighted by molar-refractivity contribution is 5.94. The van der Waals surface area contributed by atoms with Gasteiger partial charge < -0.3 is 15.2 Å². The number of nitrogens with one attached hydrogen (secondary N) is 1. The fourth-order valence-corrected chi connectivity index (χ4v) is 2.46. The zero-order chi connectivity index (χ0) is 14.9. The van der Waals surface area contributed by atoms with Gasteiger partial charge in [-0.1, -0.05) is 31.4 Å². The molecule has 1 heterocycles. The molecule has 4 nitrogen and oxygen atoms in total. The van der Waals surface area contributed by atoms with E-state index in [9.17, 15) is 0 Å². The lowest BCUT2D eigenvalue weighted by Crippen LogP contribution is -2.02. The summed E-state index contributed by atoms with van der Waals surface area (Å²) in [4.78, 5) is 4.40. The molecule has 2 N–H and O–H groups in total. The van der Waals surface area contributed by atoms with E-state index in [0.29, 0.717) is 6.61 Å². The first kappa shape index (κ1) is 15.6. The number of fused-ring (bicyclic) bond motifs is 1. The second-order valence-corrected chi connectivity index (χ2v) is 5.13. The van der Waals surface area contributed by atoms with Crippen LogP contribution in [0.25, 0.3) is 10.9 Å². The molecule has 0 unspecified atom stereocenters. The van der Waals surface area contributed by atoms with Crippen molar-refractivity contribution in [1.29, 1.82) is 0 Å². The number of nitrogens with zero attached hydrogens (tertiary/aromatic N) is 1. The number of para-hydroxylation sites is 1. The Hall–Kier alpha value is -1.81. The minimum atomic E-state index is 0.309. The Bertz CT molecular complexity index is 557. The normalized spacial score (nSPS) is 10.8. The number of rotatable bonds is 9. The summed E-state index contributed by atoms with van der Waals surface area (Å²) in [6.45, 7) is 1.26. The second kappa shape index (κ2) is 8.47. The van der Waals surface area contributed by atoms with E-state index in [-0.39, 0.29) is 0 Å². The molecule has 1 aromatic heterocycles. The summed E-state index contributed by atoms with van der Waals surface area (Å²) in [6, 6.07) is 7.99. The van der Waals surface area contributed by atoms with Crippen LogP contribution in [0.2, 0.25) is 0 Å². The van der Waals surface area contributed by atoms with Gasteiger partial charge in [0.2, 0.25) is 0 Å². The number of methoxy groups -OCH3 is 1. The fourth-order valence-electron chi connectivity index (χ4n) is 2.46. The van der Waals surface area contributed by atoms with Crippen molar-refractivity contribution >= 4 is 16.6 Å². The van der Waals surface area contributed by atoms with E-state index < -0.39 is 0 Å². The van der Waals surface area contributed by atoms with Crippen molar-refractivity contribution in [2.45, 2.75) is 32.1 Å². The SMILES string of the molecule is COc1cccc2c(NCCCCCCCO)ccnc12. The standard InChI is InChI=1S/C17H24N2O2/c1-21-16-9-7-8-14-15(10-12-19-17(14)16)18-11-5-3-2-4-6-13-20/h7-10,12,20H,2-6,11,13H2,1H3,(H,18,19). The van der Waals surface area contributed by atoms with E-state index in [1.807, 2.05) is 24.4 Å². The zero-order valence-electron chi connectivity index (χ0n) is 12.6. The average molecular weight is 288 g/mol. The lowest BCUT2D eigenvalue weighted by molar-refractivity contribution is 0.282. The number of benzene rings is 1. The van der Waals surface area contributed by atoms with Gasteiger partial charge in [-0.25, -0.2) is 0 Å². The van der Waals surface area contributed by atoms with Crippen LogP contribution in [-0.4, -0.2) is 30.4 Å². The number of hydrogen-bond acceptors (Lipinski definition) is 4. The number of pyridine rings is 1. The van der Waals surface area contributed by atoms with Crippen molar-refractivity contribution in [2.24, 2.45) is 0 Å². The molecule has 0 bridgehead atoms. The Kier molecular flexibility index (Phi) is 6.28. The Balaban J connectivity index is 1.90. The maximum Gasteiger partial charge on any atom is 0.145 e. The summed E-state index contributed by atoms with van der Waals surface area (Å²) in [7, 11) is 1.67. The van der Waals surface area contributed by atoms with E-state index in [2.05, 4.69) is 16.4 Å². The first-order valence-electron chi connectivity index (χ1n) is 7.63. The van der Waals surface area contributed by atoms with Gasteiger partial charge in [-0.05, 0) is 25.0 Å². The maximum absolute atomic E-state index is 8.73. The molecule has 21 heavy (non-hydrogen) atoms. The Morgan fingerprint density at radius 2 is 1.90 bits per heavy atom. The molecule has 0 spiro atoms. The summed E-state index contributed by atoms with van der Waals surface area (Å²) in [5.74, 6) is 0.806. The van der Waals surface area contributed by atoms with Gasteiger partial charge in [-0.2, -0.15) is 0 Å². The summed E-state index contributed by atoms with van der Waals surface area (Å²) in [6.07, 6.45) is 7.37. The molecule has 0 aliphatic heterocycles. The summed E-state index contributed by atoms with van der Waals surface area (Å²) in [5, 5.41) is 13.3. The van der Waals surface area contributed by atoms with Crippen molar-refractivity contribution in [3.63, 3.8) is 0 Å².